The third-order valence-electron chi connectivity index (χ3n) is 3.39. The topological polar surface area (TPSA) is 53.7 Å². The number of rotatable bonds is 4. The Morgan fingerprint density at radius 3 is 2.80 bits per heavy atom. The Kier molecular flexibility index (Phi) is 4.38. The van der Waals surface area contributed by atoms with Crippen LogP contribution in [0.15, 0.2) is 0 Å². The summed E-state index contributed by atoms with van der Waals surface area (Å²) in [6, 6.07) is 0. The molecule has 5 heteroatoms. The summed E-state index contributed by atoms with van der Waals surface area (Å²) in [6.07, 6.45) is 3.96. The molecule has 0 aromatic rings. The Bertz CT molecular complexity index is 203. The average Bonchev–Trinajstić information content (AvgIpc) is 2.58. The minimum Gasteiger partial charge on any atom is -0.382 e. The van der Waals surface area contributed by atoms with Crippen LogP contribution in [0.3, 0.4) is 0 Å². The van der Waals surface area contributed by atoms with Gasteiger partial charge in [0.1, 0.15) is 0 Å². The highest BCUT2D eigenvalue weighted by atomic mass is 35.5. The van der Waals surface area contributed by atoms with E-state index >= 15 is 0 Å². The summed E-state index contributed by atoms with van der Waals surface area (Å²) < 4.78 is 16.5. The first-order chi connectivity index (χ1) is 6.72. The summed E-state index contributed by atoms with van der Waals surface area (Å²) in [5, 5.41) is 0. The fourth-order valence-electron chi connectivity index (χ4n) is 2.55. The van der Waals surface area contributed by atoms with Gasteiger partial charge >= 0.3 is 0 Å². The minimum atomic E-state index is -0.508. The summed E-state index contributed by atoms with van der Waals surface area (Å²) >= 11 is 0. The van der Waals surface area contributed by atoms with Crippen molar-refractivity contribution in [2.75, 3.05) is 26.9 Å². The fourth-order valence-corrected chi connectivity index (χ4v) is 2.55. The SMILES string of the molecule is COCCOC12CCCC1(N)CCO2.Cl. The highest BCUT2D eigenvalue weighted by Crippen LogP contribution is 2.47. The molecule has 1 aliphatic carbocycles. The predicted molar refractivity (Wildman–Crippen MR) is 59.1 cm³/mol. The Morgan fingerprint density at radius 2 is 2.07 bits per heavy atom. The van der Waals surface area contributed by atoms with E-state index in [0.29, 0.717) is 13.2 Å². The lowest BCUT2D eigenvalue weighted by molar-refractivity contribution is -0.230. The molecule has 1 heterocycles. The number of hydrogen-bond acceptors (Lipinski definition) is 4. The second kappa shape index (κ2) is 4.97. The van der Waals surface area contributed by atoms with Crippen molar-refractivity contribution in [2.24, 2.45) is 5.73 Å². The second-order valence-corrected chi connectivity index (χ2v) is 4.20. The summed E-state index contributed by atoms with van der Waals surface area (Å²) in [4.78, 5) is 0. The molecule has 4 nitrogen and oxygen atoms in total. The van der Waals surface area contributed by atoms with E-state index in [1.807, 2.05) is 0 Å². The van der Waals surface area contributed by atoms with Gasteiger partial charge in [0.2, 0.25) is 0 Å². The Balaban J connectivity index is 0.00000112. The van der Waals surface area contributed by atoms with Gasteiger partial charge in [-0.15, -0.1) is 12.4 Å². The molecule has 2 atom stereocenters. The zero-order valence-corrected chi connectivity index (χ0v) is 9.98. The van der Waals surface area contributed by atoms with Gasteiger partial charge in [-0.25, -0.2) is 0 Å². The summed E-state index contributed by atoms with van der Waals surface area (Å²) in [7, 11) is 1.67. The van der Waals surface area contributed by atoms with Crippen molar-refractivity contribution in [1.82, 2.24) is 0 Å². The van der Waals surface area contributed by atoms with Crippen molar-refractivity contribution in [3.63, 3.8) is 0 Å². The first-order valence-electron chi connectivity index (χ1n) is 5.28. The van der Waals surface area contributed by atoms with E-state index in [0.717, 1.165) is 32.3 Å². The monoisotopic (exact) mass is 237 g/mol. The van der Waals surface area contributed by atoms with Gasteiger partial charge in [0, 0.05) is 13.5 Å². The van der Waals surface area contributed by atoms with E-state index in [1.54, 1.807) is 7.11 Å². The smallest absolute Gasteiger partial charge is 0.186 e. The molecule has 15 heavy (non-hydrogen) atoms. The third kappa shape index (κ3) is 2.15. The fraction of sp³-hybridized carbons (Fsp3) is 1.00. The van der Waals surface area contributed by atoms with E-state index in [1.165, 1.54) is 0 Å². The molecule has 2 N–H and O–H groups in total. The Labute approximate surface area is 96.8 Å². The molecule has 0 amide bonds. The van der Waals surface area contributed by atoms with Crippen LogP contribution in [-0.4, -0.2) is 38.3 Å². The molecular weight excluding hydrogens is 218 g/mol. The molecule has 1 saturated heterocycles. The van der Waals surface area contributed by atoms with Crippen molar-refractivity contribution < 1.29 is 14.2 Å². The highest BCUT2D eigenvalue weighted by Gasteiger charge is 2.58. The molecule has 0 aromatic carbocycles. The lowest BCUT2D eigenvalue weighted by Gasteiger charge is -2.35. The van der Waals surface area contributed by atoms with Gasteiger partial charge in [-0.1, -0.05) is 0 Å². The quantitative estimate of drug-likeness (QED) is 0.744. The maximum absolute atomic E-state index is 6.29. The van der Waals surface area contributed by atoms with Crippen LogP contribution in [0.1, 0.15) is 25.7 Å². The normalized spacial score (nSPS) is 38.8. The van der Waals surface area contributed by atoms with Gasteiger partial charge in [0.15, 0.2) is 5.79 Å². The van der Waals surface area contributed by atoms with E-state index in [2.05, 4.69) is 0 Å². The van der Waals surface area contributed by atoms with Crippen molar-refractivity contribution in [3.05, 3.63) is 0 Å². The van der Waals surface area contributed by atoms with Crippen molar-refractivity contribution in [1.29, 1.82) is 0 Å². The molecule has 0 radical (unpaired) electrons. The highest BCUT2D eigenvalue weighted by molar-refractivity contribution is 5.85. The molecule has 1 saturated carbocycles. The molecule has 2 rings (SSSR count). The lowest BCUT2D eigenvalue weighted by atomic mass is 9.92. The molecule has 2 unspecified atom stereocenters. The number of ether oxygens (including phenoxy) is 3. The molecule has 90 valence electrons. The van der Waals surface area contributed by atoms with Crippen LogP contribution in [0.2, 0.25) is 0 Å². The van der Waals surface area contributed by atoms with E-state index in [9.17, 15) is 0 Å². The minimum absolute atomic E-state index is 0. The molecule has 0 aromatic heterocycles. The molecule has 2 fully saturated rings. The van der Waals surface area contributed by atoms with Crippen LogP contribution in [-0.2, 0) is 14.2 Å². The standard InChI is InChI=1S/C10H19NO3.ClH/c1-12-7-8-14-10-4-2-3-9(10,11)5-6-13-10;/h2-8,11H2,1H3;1H. The van der Waals surface area contributed by atoms with Crippen LogP contribution in [0.4, 0.5) is 0 Å². The van der Waals surface area contributed by atoms with Gasteiger partial charge in [0.05, 0.1) is 25.4 Å². The largest absolute Gasteiger partial charge is 0.382 e. The van der Waals surface area contributed by atoms with Crippen LogP contribution in [0, 0.1) is 0 Å². The zero-order chi connectivity index (χ0) is 10.1. The Hall–Kier alpha value is 0.130. The molecule has 0 spiro atoms. The maximum atomic E-state index is 6.29. The predicted octanol–water partition coefficient (Wildman–Crippen LogP) is 1.07. The van der Waals surface area contributed by atoms with E-state index < -0.39 is 5.79 Å². The van der Waals surface area contributed by atoms with Gasteiger partial charge < -0.3 is 19.9 Å². The van der Waals surface area contributed by atoms with E-state index in [-0.39, 0.29) is 17.9 Å². The summed E-state index contributed by atoms with van der Waals surface area (Å²) in [6.45, 7) is 1.89. The lowest BCUT2D eigenvalue weighted by Crippen LogP contribution is -2.55. The number of hydrogen-bond donors (Lipinski definition) is 1. The first kappa shape index (κ1) is 13.2. The molecule has 2 aliphatic rings. The van der Waals surface area contributed by atoms with Crippen LogP contribution in [0.25, 0.3) is 0 Å². The van der Waals surface area contributed by atoms with Crippen LogP contribution >= 0.6 is 12.4 Å². The molecular formula is C10H20ClNO3. The van der Waals surface area contributed by atoms with Crippen LogP contribution < -0.4 is 5.73 Å². The van der Waals surface area contributed by atoms with Crippen molar-refractivity contribution >= 4 is 12.4 Å². The van der Waals surface area contributed by atoms with Crippen LogP contribution in [0.5, 0.6) is 0 Å². The third-order valence-corrected chi connectivity index (χ3v) is 3.39. The molecule has 0 bridgehead atoms. The van der Waals surface area contributed by atoms with Gasteiger partial charge in [-0.3, -0.25) is 0 Å². The maximum Gasteiger partial charge on any atom is 0.186 e. The van der Waals surface area contributed by atoms with Crippen molar-refractivity contribution in [3.8, 4) is 0 Å². The first-order valence-corrected chi connectivity index (χ1v) is 5.28. The number of fused-ring (bicyclic) bond motifs is 1. The number of methoxy groups -OCH3 is 1. The number of halogens is 1. The summed E-state index contributed by atoms with van der Waals surface area (Å²) in [5.74, 6) is -0.508. The van der Waals surface area contributed by atoms with Gasteiger partial charge in [-0.2, -0.15) is 0 Å². The summed E-state index contributed by atoms with van der Waals surface area (Å²) in [5.41, 5.74) is 6.04. The second-order valence-electron chi connectivity index (χ2n) is 4.20. The Morgan fingerprint density at radius 1 is 1.27 bits per heavy atom. The molecule has 1 aliphatic heterocycles. The average molecular weight is 238 g/mol. The van der Waals surface area contributed by atoms with E-state index in [4.69, 9.17) is 19.9 Å². The zero-order valence-electron chi connectivity index (χ0n) is 9.16. The van der Waals surface area contributed by atoms with Gasteiger partial charge in [0.25, 0.3) is 0 Å². The van der Waals surface area contributed by atoms with Crippen molar-refractivity contribution in [2.45, 2.75) is 37.0 Å². The van der Waals surface area contributed by atoms with Gasteiger partial charge in [-0.05, 0) is 19.3 Å². The number of nitrogens with two attached hydrogens (primary N) is 1.